The number of benzene rings is 2. The summed E-state index contributed by atoms with van der Waals surface area (Å²) in [5.74, 6) is 0. The molecule has 1 nitrogen and oxygen atoms in total. The van der Waals surface area contributed by atoms with Gasteiger partial charge in [0.05, 0.1) is 5.56 Å². The van der Waals surface area contributed by atoms with E-state index in [2.05, 4.69) is 27.9 Å². The van der Waals surface area contributed by atoms with Crippen molar-refractivity contribution in [2.75, 3.05) is 5.32 Å². The maximum Gasteiger partial charge on any atom is 0.416 e. The number of para-hydroxylation sites is 1. The molecule has 0 aliphatic heterocycles. The number of hydrogen-bond acceptors (Lipinski definition) is 1. The molecule has 2 aromatic rings. The third-order valence-electron chi connectivity index (χ3n) is 2.98. The van der Waals surface area contributed by atoms with Crippen molar-refractivity contribution in [2.45, 2.75) is 19.1 Å². The molecule has 1 N–H and O–H groups in total. The van der Waals surface area contributed by atoms with Gasteiger partial charge < -0.3 is 5.32 Å². The summed E-state index contributed by atoms with van der Waals surface area (Å²) in [6, 6.07) is 12.7. The van der Waals surface area contributed by atoms with E-state index in [1.807, 2.05) is 24.3 Å². The highest BCUT2D eigenvalue weighted by molar-refractivity contribution is 14.1. The van der Waals surface area contributed by atoms with E-state index in [0.717, 1.165) is 15.3 Å². The van der Waals surface area contributed by atoms with Crippen molar-refractivity contribution in [1.29, 1.82) is 0 Å². The van der Waals surface area contributed by atoms with Crippen molar-refractivity contribution in [2.24, 2.45) is 0 Å². The van der Waals surface area contributed by atoms with E-state index in [1.54, 1.807) is 13.0 Å². The zero-order valence-electron chi connectivity index (χ0n) is 10.7. The summed E-state index contributed by atoms with van der Waals surface area (Å²) >= 11 is 2.15. The molecule has 0 saturated heterocycles. The quantitative estimate of drug-likeness (QED) is 0.683. The average Bonchev–Trinajstić information content (AvgIpc) is 2.40. The molecule has 0 aromatic heterocycles. The fourth-order valence-corrected chi connectivity index (χ4v) is 2.57. The number of nitrogens with one attached hydrogen (secondary N) is 1. The van der Waals surface area contributed by atoms with Gasteiger partial charge in [-0.3, -0.25) is 0 Å². The molecule has 5 heteroatoms. The van der Waals surface area contributed by atoms with Crippen molar-refractivity contribution >= 4 is 28.3 Å². The number of rotatable bonds is 3. The minimum absolute atomic E-state index is 0.250. The van der Waals surface area contributed by atoms with E-state index in [-0.39, 0.29) is 5.56 Å². The van der Waals surface area contributed by atoms with Crippen molar-refractivity contribution in [3.8, 4) is 0 Å². The predicted octanol–water partition coefficient (Wildman–Crippen LogP) is 5.48. The number of halogens is 4. The molecule has 0 fully saturated rings. The molecule has 0 bridgehead atoms. The fraction of sp³-hybridized carbons (Fsp3) is 0.200. The van der Waals surface area contributed by atoms with Gasteiger partial charge in [0.1, 0.15) is 0 Å². The first-order valence-electron chi connectivity index (χ1n) is 6.07. The Kier molecular flexibility index (Phi) is 4.57. The minimum atomic E-state index is -4.34. The van der Waals surface area contributed by atoms with Gasteiger partial charge in [0, 0.05) is 15.3 Å². The summed E-state index contributed by atoms with van der Waals surface area (Å²) < 4.78 is 40.0. The average molecular weight is 391 g/mol. The van der Waals surface area contributed by atoms with Crippen molar-refractivity contribution in [3.63, 3.8) is 0 Å². The molecule has 0 aliphatic rings. The van der Waals surface area contributed by atoms with Gasteiger partial charge in [-0.1, -0.05) is 30.3 Å². The Morgan fingerprint density at radius 1 is 1.00 bits per heavy atom. The molecule has 0 saturated carbocycles. The summed E-state index contributed by atoms with van der Waals surface area (Å²) in [4.78, 5) is 0. The lowest BCUT2D eigenvalue weighted by molar-refractivity contribution is -0.138. The van der Waals surface area contributed by atoms with E-state index in [1.165, 1.54) is 12.1 Å². The molecule has 1 atom stereocenters. The molecule has 0 heterocycles. The molecule has 106 valence electrons. The second kappa shape index (κ2) is 6.03. The fourth-order valence-electron chi connectivity index (χ4n) is 2.02. The lowest BCUT2D eigenvalue weighted by Crippen LogP contribution is -2.15. The van der Waals surface area contributed by atoms with Crippen LogP contribution in [-0.2, 0) is 6.18 Å². The molecule has 0 spiro atoms. The largest absolute Gasteiger partial charge is 0.416 e. The summed E-state index contributed by atoms with van der Waals surface area (Å²) in [6.07, 6.45) is -4.34. The van der Waals surface area contributed by atoms with E-state index in [0.29, 0.717) is 0 Å². The first-order valence-corrected chi connectivity index (χ1v) is 7.14. The van der Waals surface area contributed by atoms with Gasteiger partial charge in [0.2, 0.25) is 0 Å². The van der Waals surface area contributed by atoms with Crippen LogP contribution >= 0.6 is 22.6 Å². The second-order valence-corrected chi connectivity index (χ2v) is 5.59. The lowest BCUT2D eigenvalue weighted by atomic mass is 10.0. The van der Waals surface area contributed by atoms with Gasteiger partial charge in [-0.25, -0.2) is 0 Å². The Hall–Kier alpha value is -1.24. The van der Waals surface area contributed by atoms with Gasteiger partial charge in [-0.2, -0.15) is 13.2 Å². The van der Waals surface area contributed by atoms with Crippen LogP contribution in [0.3, 0.4) is 0 Å². The van der Waals surface area contributed by atoms with Gasteiger partial charge in [-0.05, 0) is 53.3 Å². The number of alkyl halides is 3. The zero-order valence-corrected chi connectivity index (χ0v) is 12.9. The second-order valence-electron chi connectivity index (χ2n) is 4.43. The Balaban J connectivity index is 2.31. The van der Waals surface area contributed by atoms with Crippen LogP contribution in [0.5, 0.6) is 0 Å². The molecule has 2 aromatic carbocycles. The molecule has 0 aliphatic carbocycles. The maximum absolute atomic E-state index is 13.0. The van der Waals surface area contributed by atoms with Crippen LogP contribution in [0.15, 0.2) is 48.5 Å². The van der Waals surface area contributed by atoms with Gasteiger partial charge in [0.25, 0.3) is 0 Å². The number of anilines is 1. The van der Waals surface area contributed by atoms with E-state index in [4.69, 9.17) is 0 Å². The highest BCUT2D eigenvalue weighted by atomic mass is 127. The SMILES string of the molecule is CC(Nc1ccccc1I)c1ccccc1C(F)(F)F. The molecule has 0 amide bonds. The van der Waals surface area contributed by atoms with Gasteiger partial charge in [-0.15, -0.1) is 0 Å². The highest BCUT2D eigenvalue weighted by Gasteiger charge is 2.34. The van der Waals surface area contributed by atoms with Crippen molar-refractivity contribution in [3.05, 3.63) is 63.2 Å². The molecular formula is C15H13F3IN. The predicted molar refractivity (Wildman–Crippen MR) is 82.6 cm³/mol. The molecular weight excluding hydrogens is 378 g/mol. The van der Waals surface area contributed by atoms with Crippen LogP contribution in [0.4, 0.5) is 18.9 Å². The molecule has 1 unspecified atom stereocenters. The standard InChI is InChI=1S/C15H13F3IN/c1-10(20-14-9-5-4-8-13(14)19)11-6-2-3-7-12(11)15(16,17)18/h2-10,20H,1H3. The third kappa shape index (κ3) is 3.45. The first-order chi connectivity index (χ1) is 9.39. The summed E-state index contributed by atoms with van der Waals surface area (Å²) in [5.41, 5.74) is 0.489. The van der Waals surface area contributed by atoms with Crippen LogP contribution in [0.2, 0.25) is 0 Å². The number of hydrogen-bond donors (Lipinski definition) is 1. The topological polar surface area (TPSA) is 12.0 Å². The summed E-state index contributed by atoms with van der Waals surface area (Å²) in [7, 11) is 0. The molecule has 2 rings (SSSR count). The van der Waals surface area contributed by atoms with Gasteiger partial charge in [0.15, 0.2) is 0 Å². The Labute approximate surface area is 129 Å². The summed E-state index contributed by atoms with van der Waals surface area (Å²) in [5, 5.41) is 3.13. The normalized spacial score (nSPS) is 13.1. The highest BCUT2D eigenvalue weighted by Crippen LogP contribution is 2.35. The Morgan fingerprint density at radius 2 is 1.60 bits per heavy atom. The third-order valence-corrected chi connectivity index (χ3v) is 3.92. The smallest absolute Gasteiger partial charge is 0.378 e. The van der Waals surface area contributed by atoms with Crippen molar-refractivity contribution in [1.82, 2.24) is 0 Å². The monoisotopic (exact) mass is 391 g/mol. The summed E-state index contributed by atoms with van der Waals surface area (Å²) in [6.45, 7) is 1.73. The van der Waals surface area contributed by atoms with Crippen LogP contribution in [0.1, 0.15) is 24.1 Å². The molecule has 20 heavy (non-hydrogen) atoms. The van der Waals surface area contributed by atoms with Crippen LogP contribution in [-0.4, -0.2) is 0 Å². The van der Waals surface area contributed by atoms with Gasteiger partial charge >= 0.3 is 6.18 Å². The minimum Gasteiger partial charge on any atom is -0.378 e. The lowest BCUT2D eigenvalue weighted by Gasteiger charge is -2.21. The van der Waals surface area contributed by atoms with E-state index in [9.17, 15) is 13.2 Å². The van der Waals surface area contributed by atoms with E-state index >= 15 is 0 Å². The molecule has 0 radical (unpaired) electrons. The van der Waals surface area contributed by atoms with Crippen molar-refractivity contribution < 1.29 is 13.2 Å². The Bertz CT molecular complexity index is 596. The zero-order chi connectivity index (χ0) is 14.8. The van der Waals surface area contributed by atoms with Crippen LogP contribution in [0, 0.1) is 3.57 Å². The first kappa shape index (κ1) is 15.2. The Morgan fingerprint density at radius 3 is 2.25 bits per heavy atom. The van der Waals surface area contributed by atoms with Crippen LogP contribution < -0.4 is 5.32 Å². The van der Waals surface area contributed by atoms with Crippen LogP contribution in [0.25, 0.3) is 0 Å². The maximum atomic E-state index is 13.0. The van der Waals surface area contributed by atoms with E-state index < -0.39 is 17.8 Å².